The van der Waals surface area contributed by atoms with Crippen LogP contribution in [0.3, 0.4) is 0 Å². The number of nitrogens with zero attached hydrogens (tertiary/aromatic N) is 2. The molecule has 0 aromatic rings. The Hall–Kier alpha value is -0.530. The zero-order chi connectivity index (χ0) is 6.69. The molecular weight excluding hydrogens is 112 g/mol. The smallest absolute Gasteiger partial charge is 0.0468 e. The summed E-state index contributed by atoms with van der Waals surface area (Å²) in [6.07, 6.45) is 3.80. The molecule has 0 aliphatic carbocycles. The van der Waals surface area contributed by atoms with E-state index in [9.17, 15) is 0 Å². The van der Waals surface area contributed by atoms with Crippen LogP contribution in [0.1, 0.15) is 26.2 Å². The predicted octanol–water partition coefficient (Wildman–Crippen LogP) is 1.48. The van der Waals surface area contributed by atoms with Crippen molar-refractivity contribution in [3.8, 4) is 0 Å². The van der Waals surface area contributed by atoms with Crippen molar-refractivity contribution in [3.05, 3.63) is 0 Å². The molecule has 0 amide bonds. The van der Waals surface area contributed by atoms with Gasteiger partial charge in [0.05, 0.1) is 0 Å². The third kappa shape index (κ3) is 1.23. The van der Waals surface area contributed by atoms with E-state index >= 15 is 0 Å². The zero-order valence-corrected chi connectivity index (χ0v) is 6.01. The highest BCUT2D eigenvalue weighted by molar-refractivity contribution is 5.22. The van der Waals surface area contributed by atoms with Gasteiger partial charge in [-0.15, -0.1) is 0 Å². The average Bonchev–Trinajstić information content (AvgIpc) is 2.33. The van der Waals surface area contributed by atoms with Crippen molar-refractivity contribution in [2.75, 3.05) is 6.54 Å². The summed E-state index contributed by atoms with van der Waals surface area (Å²) in [5.41, 5.74) is 0. The Labute approximate surface area is 56.5 Å². The van der Waals surface area contributed by atoms with E-state index in [4.69, 9.17) is 0 Å². The van der Waals surface area contributed by atoms with E-state index in [1.807, 2.05) is 0 Å². The monoisotopic (exact) mass is 126 g/mol. The van der Waals surface area contributed by atoms with Crippen molar-refractivity contribution >= 4 is 6.72 Å². The molecule has 9 heavy (non-hydrogen) atoms. The van der Waals surface area contributed by atoms with Crippen molar-refractivity contribution in [2.24, 2.45) is 5.10 Å². The van der Waals surface area contributed by atoms with Crippen LogP contribution in [0.5, 0.6) is 0 Å². The summed E-state index contributed by atoms with van der Waals surface area (Å²) in [6, 6.07) is 0.683. The van der Waals surface area contributed by atoms with Gasteiger partial charge in [-0.3, -0.25) is 5.01 Å². The number of hydrogen-bond donors (Lipinski definition) is 0. The minimum atomic E-state index is 0.683. The van der Waals surface area contributed by atoms with Crippen molar-refractivity contribution in [3.63, 3.8) is 0 Å². The maximum atomic E-state index is 3.92. The van der Waals surface area contributed by atoms with Gasteiger partial charge in [0.15, 0.2) is 0 Å². The Bertz CT molecular complexity index is 101. The summed E-state index contributed by atoms with van der Waals surface area (Å²) in [7, 11) is 0. The molecule has 1 aliphatic heterocycles. The Morgan fingerprint density at radius 3 is 3.00 bits per heavy atom. The minimum Gasteiger partial charge on any atom is -0.295 e. The normalized spacial score (nSPS) is 26.8. The molecule has 1 unspecified atom stereocenters. The van der Waals surface area contributed by atoms with Gasteiger partial charge in [0, 0.05) is 19.3 Å². The molecule has 1 atom stereocenters. The molecule has 1 aliphatic rings. The predicted molar refractivity (Wildman–Crippen MR) is 39.6 cm³/mol. The van der Waals surface area contributed by atoms with Gasteiger partial charge in [0.1, 0.15) is 0 Å². The minimum absolute atomic E-state index is 0.683. The average molecular weight is 126 g/mol. The summed E-state index contributed by atoms with van der Waals surface area (Å²) in [5, 5.41) is 6.02. The highest BCUT2D eigenvalue weighted by Gasteiger charge is 2.19. The lowest BCUT2D eigenvalue weighted by Gasteiger charge is -2.18. The number of hydrazone groups is 1. The fraction of sp³-hybridized carbons (Fsp3) is 0.857. The van der Waals surface area contributed by atoms with Gasteiger partial charge >= 0.3 is 0 Å². The lowest BCUT2D eigenvalue weighted by molar-refractivity contribution is 0.263. The van der Waals surface area contributed by atoms with Crippen LogP contribution in [-0.4, -0.2) is 24.3 Å². The van der Waals surface area contributed by atoms with Gasteiger partial charge < -0.3 is 0 Å². The van der Waals surface area contributed by atoms with Crippen LogP contribution in [0.2, 0.25) is 0 Å². The van der Waals surface area contributed by atoms with Gasteiger partial charge in [-0.05, 0) is 19.3 Å². The highest BCUT2D eigenvalue weighted by Crippen LogP contribution is 2.18. The van der Waals surface area contributed by atoms with Crippen LogP contribution in [0.25, 0.3) is 0 Å². The van der Waals surface area contributed by atoms with Crippen LogP contribution in [0.15, 0.2) is 5.10 Å². The third-order valence-corrected chi connectivity index (χ3v) is 2.00. The molecule has 0 radical (unpaired) electrons. The quantitative estimate of drug-likeness (QED) is 0.512. The molecule has 0 N–H and O–H groups in total. The molecule has 0 aromatic heterocycles. The Morgan fingerprint density at radius 1 is 1.78 bits per heavy atom. The molecule has 52 valence electrons. The topological polar surface area (TPSA) is 15.6 Å². The van der Waals surface area contributed by atoms with Gasteiger partial charge in [-0.1, -0.05) is 6.92 Å². The fourth-order valence-corrected chi connectivity index (χ4v) is 1.42. The first-order chi connectivity index (χ1) is 4.38. The van der Waals surface area contributed by atoms with Crippen molar-refractivity contribution in [1.82, 2.24) is 5.01 Å². The molecular formula is C7H14N2. The molecule has 0 bridgehead atoms. The van der Waals surface area contributed by atoms with Gasteiger partial charge in [0.25, 0.3) is 0 Å². The van der Waals surface area contributed by atoms with Crippen LogP contribution in [-0.2, 0) is 0 Å². The molecule has 2 heteroatoms. The van der Waals surface area contributed by atoms with Crippen LogP contribution in [0, 0.1) is 0 Å². The van der Waals surface area contributed by atoms with E-state index in [1.54, 1.807) is 0 Å². The summed E-state index contributed by atoms with van der Waals surface area (Å²) >= 11 is 0. The maximum absolute atomic E-state index is 3.92. The van der Waals surface area contributed by atoms with Gasteiger partial charge in [-0.25, -0.2) is 0 Å². The first-order valence-corrected chi connectivity index (χ1v) is 3.61. The van der Waals surface area contributed by atoms with Gasteiger partial charge in [0.2, 0.25) is 0 Å². The Kier molecular flexibility index (Phi) is 2.09. The molecule has 0 aromatic carbocycles. The van der Waals surface area contributed by atoms with Crippen LogP contribution < -0.4 is 0 Å². The van der Waals surface area contributed by atoms with E-state index in [0.29, 0.717) is 6.04 Å². The SMILES string of the molecule is C=NN1CCCC1CC. The van der Waals surface area contributed by atoms with E-state index < -0.39 is 0 Å². The summed E-state index contributed by atoms with van der Waals surface area (Å²) in [6.45, 7) is 6.83. The van der Waals surface area contributed by atoms with E-state index in [2.05, 4.69) is 23.8 Å². The number of rotatable bonds is 2. The summed E-state index contributed by atoms with van der Waals surface area (Å²) in [4.78, 5) is 0. The fourth-order valence-electron chi connectivity index (χ4n) is 1.42. The first-order valence-electron chi connectivity index (χ1n) is 3.61. The third-order valence-electron chi connectivity index (χ3n) is 2.00. The second-order valence-electron chi connectivity index (χ2n) is 2.51. The second-order valence-corrected chi connectivity index (χ2v) is 2.51. The van der Waals surface area contributed by atoms with Crippen LogP contribution in [0.4, 0.5) is 0 Å². The van der Waals surface area contributed by atoms with E-state index in [0.717, 1.165) is 6.54 Å². The van der Waals surface area contributed by atoms with E-state index in [-0.39, 0.29) is 0 Å². The second kappa shape index (κ2) is 2.85. The zero-order valence-electron chi connectivity index (χ0n) is 6.01. The largest absolute Gasteiger partial charge is 0.295 e. The van der Waals surface area contributed by atoms with Crippen molar-refractivity contribution in [1.29, 1.82) is 0 Å². The first kappa shape index (κ1) is 6.59. The van der Waals surface area contributed by atoms with Crippen molar-refractivity contribution in [2.45, 2.75) is 32.2 Å². The lowest BCUT2D eigenvalue weighted by atomic mass is 10.2. The van der Waals surface area contributed by atoms with E-state index in [1.165, 1.54) is 19.3 Å². The summed E-state index contributed by atoms with van der Waals surface area (Å²) in [5.74, 6) is 0. The van der Waals surface area contributed by atoms with Gasteiger partial charge in [-0.2, -0.15) is 5.10 Å². The van der Waals surface area contributed by atoms with Crippen molar-refractivity contribution < 1.29 is 0 Å². The lowest BCUT2D eigenvalue weighted by Crippen LogP contribution is -2.22. The molecule has 1 heterocycles. The molecule has 1 rings (SSSR count). The summed E-state index contributed by atoms with van der Waals surface area (Å²) < 4.78 is 0. The maximum Gasteiger partial charge on any atom is 0.0468 e. The Balaban J connectivity index is 2.41. The highest BCUT2D eigenvalue weighted by atomic mass is 15.5. The molecule has 1 fully saturated rings. The number of hydrogen-bond acceptors (Lipinski definition) is 2. The molecule has 2 nitrogen and oxygen atoms in total. The molecule has 1 saturated heterocycles. The standard InChI is InChI=1S/C7H14N2/c1-3-7-5-4-6-9(7)8-2/h7H,2-6H2,1H3. The molecule has 0 spiro atoms. The molecule has 0 saturated carbocycles. The van der Waals surface area contributed by atoms with Crippen LogP contribution >= 0.6 is 0 Å². The Morgan fingerprint density at radius 2 is 2.56 bits per heavy atom.